The van der Waals surface area contributed by atoms with Crippen molar-refractivity contribution < 1.29 is 19.4 Å². The van der Waals surface area contributed by atoms with Gasteiger partial charge < -0.3 is 14.7 Å². The van der Waals surface area contributed by atoms with Crippen LogP contribution in [0.4, 0.5) is 0 Å². The van der Waals surface area contributed by atoms with Crippen LogP contribution in [0.2, 0.25) is 0 Å². The molecule has 186 valence electrons. The van der Waals surface area contributed by atoms with E-state index in [4.69, 9.17) is 4.74 Å². The number of methoxy groups -OCH3 is 1. The van der Waals surface area contributed by atoms with Crippen molar-refractivity contribution in [1.82, 2.24) is 4.90 Å². The van der Waals surface area contributed by atoms with E-state index in [0.29, 0.717) is 24.3 Å². The molecule has 1 aliphatic heterocycles. The third kappa shape index (κ3) is 8.38. The summed E-state index contributed by atoms with van der Waals surface area (Å²) >= 11 is 1.44. The number of aliphatic hydroxyl groups excluding tert-OH is 1. The molecule has 1 aliphatic rings. The van der Waals surface area contributed by atoms with Gasteiger partial charge in [-0.3, -0.25) is 4.79 Å². The van der Waals surface area contributed by atoms with Gasteiger partial charge in [-0.05, 0) is 49.3 Å². The molecule has 1 saturated heterocycles. The zero-order valence-corrected chi connectivity index (χ0v) is 21.4. The number of benzene rings is 1. The molecule has 6 heteroatoms. The summed E-state index contributed by atoms with van der Waals surface area (Å²) in [5, 5.41) is 10.6. The molecule has 3 rings (SSSR count). The van der Waals surface area contributed by atoms with Crippen molar-refractivity contribution in [3.8, 4) is 11.8 Å². The molecule has 35 heavy (non-hydrogen) atoms. The summed E-state index contributed by atoms with van der Waals surface area (Å²) in [7, 11) is 1.38. The van der Waals surface area contributed by atoms with Crippen LogP contribution in [-0.2, 0) is 22.4 Å². The smallest absolute Gasteiger partial charge is 0.348 e. The van der Waals surface area contributed by atoms with E-state index in [1.165, 1.54) is 24.0 Å². The number of esters is 1. The Hall–Kier alpha value is -2.88. The summed E-state index contributed by atoms with van der Waals surface area (Å²) in [4.78, 5) is 27.6. The third-order valence-electron chi connectivity index (χ3n) is 6.29. The first-order valence-electron chi connectivity index (χ1n) is 12.3. The van der Waals surface area contributed by atoms with E-state index in [-0.39, 0.29) is 23.8 Å². The molecule has 1 fully saturated rings. The molecule has 2 aromatic rings. The molecule has 0 radical (unpaired) electrons. The number of thiophene rings is 1. The van der Waals surface area contributed by atoms with Crippen molar-refractivity contribution >= 4 is 23.2 Å². The van der Waals surface area contributed by atoms with E-state index in [1.807, 2.05) is 48.2 Å². The lowest BCUT2D eigenvalue weighted by atomic mass is 9.99. The van der Waals surface area contributed by atoms with Gasteiger partial charge in [-0.25, -0.2) is 4.79 Å². The fourth-order valence-corrected chi connectivity index (χ4v) is 5.09. The number of nitrogens with zero attached hydrogens (tertiary/aromatic N) is 1. The van der Waals surface area contributed by atoms with Crippen molar-refractivity contribution in [2.45, 2.75) is 64.0 Å². The van der Waals surface area contributed by atoms with E-state index in [2.05, 4.69) is 24.0 Å². The zero-order chi connectivity index (χ0) is 25.0. The normalized spacial score (nSPS) is 17.3. The van der Waals surface area contributed by atoms with E-state index >= 15 is 0 Å². The van der Waals surface area contributed by atoms with Gasteiger partial charge in [-0.2, -0.15) is 0 Å². The number of rotatable bonds is 11. The number of likely N-dealkylation sites (tertiary alicyclic amines) is 1. The van der Waals surface area contributed by atoms with E-state index in [1.54, 1.807) is 6.07 Å². The minimum atomic E-state index is -0.584. The monoisotopic (exact) mass is 493 g/mol. The SMILES string of the molecule is COC(=O)c1ccc(CCCN2C(=O)CC[C@@H]2/C=C/[C@@H](O)[C@@H](C)CC#CCCc2ccccc2)s1. The maximum atomic E-state index is 12.4. The van der Waals surface area contributed by atoms with Crippen molar-refractivity contribution in [2.24, 2.45) is 5.92 Å². The van der Waals surface area contributed by atoms with Crippen molar-refractivity contribution in [1.29, 1.82) is 0 Å². The highest BCUT2D eigenvalue weighted by molar-refractivity contribution is 7.13. The van der Waals surface area contributed by atoms with Crippen LogP contribution >= 0.6 is 11.3 Å². The molecule has 5 nitrogen and oxygen atoms in total. The van der Waals surface area contributed by atoms with Gasteiger partial charge in [0.1, 0.15) is 4.88 Å². The molecule has 0 bridgehead atoms. The summed E-state index contributed by atoms with van der Waals surface area (Å²) in [6.07, 6.45) is 8.58. The Morgan fingerprint density at radius 3 is 2.80 bits per heavy atom. The Morgan fingerprint density at radius 2 is 2.03 bits per heavy atom. The Kier molecular flexibility index (Phi) is 10.6. The first kappa shape index (κ1) is 26.7. The standard InChI is InChI=1S/C29H35NO4S/c1-22(10-5-3-6-11-23-12-7-4-8-13-23)26(31)18-15-24-16-20-28(32)30(24)21-9-14-25-17-19-27(35-25)29(33)34-2/h4,7-8,12-13,15,17-19,22,24,26,31H,6,9-11,14,16,20-21H2,1-2H3/b18-15+/t22-,24-,26+/m0/s1. The number of aliphatic hydroxyl groups is 1. The minimum Gasteiger partial charge on any atom is -0.465 e. The second-order valence-corrected chi connectivity index (χ2v) is 10.1. The molecule has 1 aromatic heterocycles. The molecule has 3 atom stereocenters. The van der Waals surface area contributed by atoms with Gasteiger partial charge in [0.15, 0.2) is 0 Å². The maximum absolute atomic E-state index is 12.4. The quantitative estimate of drug-likeness (QED) is 0.271. The lowest BCUT2D eigenvalue weighted by Gasteiger charge is -2.23. The van der Waals surface area contributed by atoms with E-state index < -0.39 is 6.10 Å². The zero-order valence-electron chi connectivity index (χ0n) is 20.6. The third-order valence-corrected chi connectivity index (χ3v) is 7.41. The van der Waals surface area contributed by atoms with Gasteiger partial charge in [-0.15, -0.1) is 23.2 Å². The predicted octanol–water partition coefficient (Wildman–Crippen LogP) is 5.04. The van der Waals surface area contributed by atoms with Crippen LogP contribution in [0, 0.1) is 17.8 Å². The van der Waals surface area contributed by atoms with Crippen LogP contribution in [0.15, 0.2) is 54.6 Å². The lowest BCUT2D eigenvalue weighted by molar-refractivity contribution is -0.128. The van der Waals surface area contributed by atoms with E-state index in [9.17, 15) is 14.7 Å². The summed E-state index contributed by atoms with van der Waals surface area (Å²) in [6, 6.07) is 14.1. The second kappa shape index (κ2) is 13.9. The average Bonchev–Trinajstić information content (AvgIpc) is 3.49. The van der Waals surface area contributed by atoms with Gasteiger partial charge in [0.05, 0.1) is 19.3 Å². The number of aryl methyl sites for hydroxylation is 2. The molecule has 0 spiro atoms. The summed E-state index contributed by atoms with van der Waals surface area (Å²) in [6.45, 7) is 2.67. The highest BCUT2D eigenvalue weighted by Gasteiger charge is 2.28. The second-order valence-electron chi connectivity index (χ2n) is 8.95. The highest BCUT2D eigenvalue weighted by Crippen LogP contribution is 2.23. The summed E-state index contributed by atoms with van der Waals surface area (Å²) < 4.78 is 4.76. The largest absolute Gasteiger partial charge is 0.465 e. The van der Waals surface area contributed by atoms with Crippen molar-refractivity contribution in [3.05, 3.63) is 69.9 Å². The van der Waals surface area contributed by atoms with Gasteiger partial charge >= 0.3 is 5.97 Å². The maximum Gasteiger partial charge on any atom is 0.348 e. The topological polar surface area (TPSA) is 66.8 Å². The predicted molar refractivity (Wildman–Crippen MR) is 140 cm³/mol. The summed E-state index contributed by atoms with van der Waals surface area (Å²) in [5.41, 5.74) is 1.29. The number of carbonyl (C=O) groups is 2. The Balaban J connectivity index is 1.41. The molecule has 0 unspecified atom stereocenters. The average molecular weight is 494 g/mol. The lowest BCUT2D eigenvalue weighted by Crippen LogP contribution is -2.33. The van der Waals surface area contributed by atoms with Gasteiger partial charge in [0, 0.05) is 30.7 Å². The molecule has 1 amide bonds. The van der Waals surface area contributed by atoms with Gasteiger partial charge in [-0.1, -0.05) is 49.4 Å². The molecule has 1 N–H and O–H groups in total. The number of amides is 1. The molecule has 0 saturated carbocycles. The van der Waals surface area contributed by atoms with Crippen molar-refractivity contribution in [2.75, 3.05) is 13.7 Å². The van der Waals surface area contributed by atoms with Crippen LogP contribution in [0.3, 0.4) is 0 Å². The number of ether oxygens (including phenoxy) is 1. The first-order valence-corrected chi connectivity index (χ1v) is 13.1. The van der Waals surface area contributed by atoms with Crippen LogP contribution < -0.4 is 0 Å². The highest BCUT2D eigenvalue weighted by atomic mass is 32.1. The van der Waals surface area contributed by atoms with Crippen molar-refractivity contribution in [3.63, 3.8) is 0 Å². The Morgan fingerprint density at radius 1 is 1.23 bits per heavy atom. The molecule has 2 heterocycles. The van der Waals surface area contributed by atoms with Gasteiger partial charge in [0.25, 0.3) is 0 Å². The van der Waals surface area contributed by atoms with Crippen LogP contribution in [0.1, 0.15) is 59.1 Å². The number of carbonyl (C=O) groups excluding carboxylic acids is 2. The fraction of sp³-hybridized carbons (Fsp3) is 0.448. The summed E-state index contributed by atoms with van der Waals surface area (Å²) in [5.74, 6) is 6.29. The molecular formula is C29H35NO4S. The number of hydrogen-bond donors (Lipinski definition) is 1. The number of hydrogen-bond acceptors (Lipinski definition) is 5. The van der Waals surface area contributed by atoms with Gasteiger partial charge in [0.2, 0.25) is 5.91 Å². The van der Waals surface area contributed by atoms with Crippen LogP contribution in [-0.4, -0.2) is 47.7 Å². The van der Waals surface area contributed by atoms with E-state index in [0.717, 1.165) is 37.0 Å². The van der Waals surface area contributed by atoms with Crippen LogP contribution in [0.25, 0.3) is 0 Å². The Labute approximate surface area is 212 Å². The fourth-order valence-electron chi connectivity index (χ4n) is 4.12. The molecular weight excluding hydrogens is 458 g/mol. The molecule has 1 aromatic carbocycles. The Bertz CT molecular complexity index is 1050. The molecule has 0 aliphatic carbocycles. The van der Waals surface area contributed by atoms with Crippen LogP contribution in [0.5, 0.6) is 0 Å². The first-order chi connectivity index (χ1) is 17.0. The minimum absolute atomic E-state index is 0.0234.